The standard InChI is InChI=1S/C19H21N/c1-5-16-6-8-17(9-7-16)18-12-20(18)19-14(3)10-13(2)11-15(19)4/h5-11,18H,1,12H2,2-4H3. The molecule has 0 spiro atoms. The van der Waals surface area contributed by atoms with Crippen molar-refractivity contribution in [1.29, 1.82) is 0 Å². The quantitative estimate of drug-likeness (QED) is 0.718. The minimum absolute atomic E-state index is 0.536. The van der Waals surface area contributed by atoms with Crippen LogP contribution in [0.5, 0.6) is 0 Å². The SMILES string of the molecule is C=Cc1ccc(C2CN2c2c(C)cc(C)cc2C)cc1. The zero-order valence-corrected chi connectivity index (χ0v) is 12.5. The second-order valence-electron chi connectivity index (χ2n) is 5.79. The fourth-order valence-corrected chi connectivity index (χ4v) is 3.15. The minimum Gasteiger partial charge on any atom is -0.360 e. The van der Waals surface area contributed by atoms with Crippen molar-refractivity contribution in [1.82, 2.24) is 0 Å². The highest BCUT2D eigenvalue weighted by atomic mass is 15.3. The average molecular weight is 263 g/mol. The molecule has 1 fully saturated rings. The lowest BCUT2D eigenvalue weighted by Crippen LogP contribution is -2.00. The third-order valence-electron chi connectivity index (χ3n) is 4.09. The molecule has 0 amide bonds. The summed E-state index contributed by atoms with van der Waals surface area (Å²) in [4.78, 5) is 2.49. The summed E-state index contributed by atoms with van der Waals surface area (Å²) in [6.45, 7) is 11.5. The molecule has 2 aromatic rings. The summed E-state index contributed by atoms with van der Waals surface area (Å²) in [5.41, 5.74) is 8.10. The van der Waals surface area contributed by atoms with Crippen molar-refractivity contribution < 1.29 is 0 Å². The lowest BCUT2D eigenvalue weighted by Gasteiger charge is -2.14. The molecule has 0 N–H and O–H groups in total. The molecule has 1 heterocycles. The first-order chi connectivity index (χ1) is 9.60. The number of aryl methyl sites for hydroxylation is 3. The molecule has 0 aromatic heterocycles. The Labute approximate surface area is 121 Å². The smallest absolute Gasteiger partial charge is 0.0719 e. The molecule has 1 heteroatoms. The summed E-state index contributed by atoms with van der Waals surface area (Å²) in [5.74, 6) is 0. The Morgan fingerprint density at radius 3 is 2.20 bits per heavy atom. The second-order valence-corrected chi connectivity index (χ2v) is 5.79. The summed E-state index contributed by atoms with van der Waals surface area (Å²) in [6.07, 6.45) is 1.89. The van der Waals surface area contributed by atoms with Crippen LogP contribution in [0, 0.1) is 20.8 Å². The van der Waals surface area contributed by atoms with Crippen LogP contribution in [0.3, 0.4) is 0 Å². The molecular formula is C19H21N. The first-order valence-corrected chi connectivity index (χ1v) is 7.17. The van der Waals surface area contributed by atoms with Gasteiger partial charge in [0.15, 0.2) is 0 Å². The number of benzene rings is 2. The van der Waals surface area contributed by atoms with Gasteiger partial charge in [0.25, 0.3) is 0 Å². The highest BCUT2D eigenvalue weighted by molar-refractivity contribution is 5.66. The van der Waals surface area contributed by atoms with Crippen molar-refractivity contribution >= 4 is 11.8 Å². The van der Waals surface area contributed by atoms with E-state index in [0.717, 1.165) is 6.54 Å². The second kappa shape index (κ2) is 4.82. The van der Waals surface area contributed by atoms with Crippen LogP contribution in [-0.2, 0) is 0 Å². The monoisotopic (exact) mass is 263 g/mol. The van der Waals surface area contributed by atoms with Gasteiger partial charge in [-0.15, -0.1) is 0 Å². The molecule has 0 radical (unpaired) electrons. The van der Waals surface area contributed by atoms with Gasteiger partial charge < -0.3 is 4.90 Å². The van der Waals surface area contributed by atoms with E-state index in [2.05, 4.69) is 68.6 Å². The van der Waals surface area contributed by atoms with E-state index in [-0.39, 0.29) is 0 Å². The molecule has 1 saturated heterocycles. The van der Waals surface area contributed by atoms with Crippen molar-refractivity contribution in [2.75, 3.05) is 11.4 Å². The molecule has 0 saturated carbocycles. The summed E-state index contributed by atoms with van der Waals surface area (Å²) in [6, 6.07) is 13.8. The van der Waals surface area contributed by atoms with Crippen molar-refractivity contribution in [2.24, 2.45) is 0 Å². The van der Waals surface area contributed by atoms with E-state index in [1.54, 1.807) is 0 Å². The normalized spacial score (nSPS) is 17.1. The van der Waals surface area contributed by atoms with E-state index in [4.69, 9.17) is 0 Å². The van der Waals surface area contributed by atoms with Crippen LogP contribution in [0.4, 0.5) is 5.69 Å². The number of anilines is 1. The molecule has 1 aliphatic heterocycles. The first kappa shape index (κ1) is 13.0. The van der Waals surface area contributed by atoms with Gasteiger partial charge in [0, 0.05) is 12.2 Å². The summed E-state index contributed by atoms with van der Waals surface area (Å²) < 4.78 is 0. The van der Waals surface area contributed by atoms with E-state index in [1.807, 2.05) is 6.08 Å². The van der Waals surface area contributed by atoms with Crippen molar-refractivity contribution in [3.63, 3.8) is 0 Å². The van der Waals surface area contributed by atoms with Gasteiger partial charge in [-0.2, -0.15) is 0 Å². The Bertz CT molecular complexity index is 629. The van der Waals surface area contributed by atoms with E-state index in [0.29, 0.717) is 6.04 Å². The van der Waals surface area contributed by atoms with Crippen LogP contribution in [0.15, 0.2) is 43.0 Å². The number of rotatable bonds is 3. The Hall–Kier alpha value is -2.02. The fraction of sp³-hybridized carbons (Fsp3) is 0.263. The zero-order valence-electron chi connectivity index (χ0n) is 12.5. The van der Waals surface area contributed by atoms with Gasteiger partial charge in [-0.1, -0.05) is 54.6 Å². The Balaban J connectivity index is 1.87. The molecule has 1 atom stereocenters. The zero-order chi connectivity index (χ0) is 14.3. The van der Waals surface area contributed by atoms with Gasteiger partial charge in [-0.05, 0) is 43.0 Å². The number of hydrogen-bond donors (Lipinski definition) is 0. The molecule has 0 aliphatic carbocycles. The Kier molecular flexibility index (Phi) is 3.13. The van der Waals surface area contributed by atoms with Crippen LogP contribution in [0.25, 0.3) is 6.08 Å². The van der Waals surface area contributed by atoms with Crippen LogP contribution in [0.2, 0.25) is 0 Å². The van der Waals surface area contributed by atoms with E-state index < -0.39 is 0 Å². The lowest BCUT2D eigenvalue weighted by atomic mass is 10.0. The Morgan fingerprint density at radius 2 is 1.65 bits per heavy atom. The highest BCUT2D eigenvalue weighted by Gasteiger charge is 2.37. The molecule has 3 rings (SSSR count). The molecule has 2 aromatic carbocycles. The fourth-order valence-electron chi connectivity index (χ4n) is 3.15. The number of nitrogens with zero attached hydrogens (tertiary/aromatic N) is 1. The van der Waals surface area contributed by atoms with Crippen LogP contribution < -0.4 is 4.90 Å². The van der Waals surface area contributed by atoms with Gasteiger partial charge >= 0.3 is 0 Å². The molecule has 1 nitrogen and oxygen atoms in total. The molecular weight excluding hydrogens is 242 g/mol. The molecule has 20 heavy (non-hydrogen) atoms. The molecule has 0 bridgehead atoms. The third-order valence-corrected chi connectivity index (χ3v) is 4.09. The van der Waals surface area contributed by atoms with Gasteiger partial charge in [0.2, 0.25) is 0 Å². The van der Waals surface area contributed by atoms with Gasteiger partial charge in [-0.3, -0.25) is 0 Å². The van der Waals surface area contributed by atoms with Gasteiger partial charge in [0.1, 0.15) is 0 Å². The highest BCUT2D eigenvalue weighted by Crippen LogP contribution is 2.43. The maximum atomic E-state index is 3.80. The van der Waals surface area contributed by atoms with Gasteiger partial charge in [-0.25, -0.2) is 0 Å². The topological polar surface area (TPSA) is 3.01 Å². The summed E-state index contributed by atoms with van der Waals surface area (Å²) in [5, 5.41) is 0. The predicted octanol–water partition coefficient (Wildman–Crippen LogP) is 4.82. The average Bonchev–Trinajstić information content (AvgIpc) is 3.18. The van der Waals surface area contributed by atoms with Crippen LogP contribution in [0.1, 0.15) is 33.9 Å². The molecule has 1 aliphatic rings. The van der Waals surface area contributed by atoms with Crippen molar-refractivity contribution in [2.45, 2.75) is 26.8 Å². The van der Waals surface area contributed by atoms with E-state index in [1.165, 1.54) is 33.5 Å². The molecule has 1 unspecified atom stereocenters. The summed E-state index contributed by atoms with van der Waals surface area (Å²) >= 11 is 0. The Morgan fingerprint density at radius 1 is 1.05 bits per heavy atom. The van der Waals surface area contributed by atoms with E-state index in [9.17, 15) is 0 Å². The maximum Gasteiger partial charge on any atom is 0.0719 e. The summed E-state index contributed by atoms with van der Waals surface area (Å²) in [7, 11) is 0. The number of hydrogen-bond acceptors (Lipinski definition) is 1. The van der Waals surface area contributed by atoms with Crippen LogP contribution in [-0.4, -0.2) is 6.54 Å². The molecule has 102 valence electrons. The van der Waals surface area contributed by atoms with Gasteiger partial charge in [0.05, 0.1) is 6.04 Å². The maximum absolute atomic E-state index is 3.80. The third kappa shape index (κ3) is 2.24. The lowest BCUT2D eigenvalue weighted by molar-refractivity contribution is 1.11. The van der Waals surface area contributed by atoms with Crippen molar-refractivity contribution in [3.05, 3.63) is 70.8 Å². The van der Waals surface area contributed by atoms with E-state index >= 15 is 0 Å². The van der Waals surface area contributed by atoms with Crippen molar-refractivity contribution in [3.8, 4) is 0 Å². The first-order valence-electron chi connectivity index (χ1n) is 7.17. The van der Waals surface area contributed by atoms with Crippen LogP contribution >= 0.6 is 0 Å². The minimum atomic E-state index is 0.536. The predicted molar refractivity (Wildman–Crippen MR) is 87.3 cm³/mol. The largest absolute Gasteiger partial charge is 0.360 e.